The third-order valence-corrected chi connectivity index (χ3v) is 7.81. The van der Waals surface area contributed by atoms with E-state index in [1.54, 1.807) is 66.7 Å². The van der Waals surface area contributed by atoms with Gasteiger partial charge in [0.05, 0.1) is 11.5 Å². The number of nitrogens with zero attached hydrogens (tertiary/aromatic N) is 1. The average Bonchev–Trinajstić information content (AvgIpc) is 3.15. The Bertz CT molecular complexity index is 1340. The van der Waals surface area contributed by atoms with Gasteiger partial charge >= 0.3 is 7.60 Å². The SMILES string of the molecule is O=C1C2=C(CCCC2)C(=O)N1c1ccc(Cl)c(/C=C/P(=O)(Oc2ccccc2)Oc2ccccc2)c1. The Hall–Kier alpha value is -3.60. The van der Waals surface area contributed by atoms with E-state index in [1.807, 2.05) is 12.1 Å². The van der Waals surface area contributed by atoms with Crippen LogP contribution in [0.2, 0.25) is 5.02 Å². The third-order valence-electron chi connectivity index (χ3n) is 6.02. The molecule has 0 fully saturated rings. The minimum Gasteiger partial charge on any atom is -0.413 e. The molecule has 0 saturated carbocycles. The largest absolute Gasteiger partial charge is 0.455 e. The molecule has 0 radical (unpaired) electrons. The molecule has 3 aromatic carbocycles. The lowest BCUT2D eigenvalue weighted by atomic mass is 9.93. The Kier molecular flexibility index (Phi) is 6.82. The van der Waals surface area contributed by atoms with Crippen molar-refractivity contribution in [3.63, 3.8) is 0 Å². The zero-order valence-electron chi connectivity index (χ0n) is 19.3. The van der Waals surface area contributed by atoms with Crippen molar-refractivity contribution in [1.82, 2.24) is 0 Å². The second-order valence-corrected chi connectivity index (χ2v) is 10.6. The van der Waals surface area contributed by atoms with Gasteiger partial charge in [0.2, 0.25) is 0 Å². The highest BCUT2D eigenvalue weighted by Gasteiger charge is 2.39. The van der Waals surface area contributed by atoms with E-state index in [1.165, 1.54) is 16.8 Å². The molecule has 1 aliphatic heterocycles. The van der Waals surface area contributed by atoms with Crippen LogP contribution in [0.4, 0.5) is 5.69 Å². The molecule has 3 aromatic rings. The molecule has 0 saturated heterocycles. The van der Waals surface area contributed by atoms with E-state index in [0.717, 1.165) is 12.8 Å². The van der Waals surface area contributed by atoms with E-state index in [4.69, 9.17) is 20.6 Å². The number of carbonyl (C=O) groups is 2. The fourth-order valence-electron chi connectivity index (χ4n) is 4.28. The van der Waals surface area contributed by atoms with Gasteiger partial charge in [-0.2, -0.15) is 0 Å². The lowest BCUT2D eigenvalue weighted by Gasteiger charge is -2.18. The van der Waals surface area contributed by atoms with Crippen LogP contribution in [0.25, 0.3) is 6.08 Å². The van der Waals surface area contributed by atoms with Gasteiger partial charge in [-0.1, -0.05) is 48.0 Å². The number of rotatable bonds is 7. The van der Waals surface area contributed by atoms with Gasteiger partial charge in [0.15, 0.2) is 0 Å². The summed E-state index contributed by atoms with van der Waals surface area (Å²) >= 11 is 6.43. The second-order valence-electron chi connectivity index (χ2n) is 8.48. The summed E-state index contributed by atoms with van der Waals surface area (Å²) in [6, 6.07) is 22.3. The molecule has 8 heteroatoms. The van der Waals surface area contributed by atoms with Gasteiger partial charge in [0, 0.05) is 16.2 Å². The number of halogens is 1. The molecule has 0 aromatic heterocycles. The second kappa shape index (κ2) is 10.2. The molecule has 1 heterocycles. The summed E-state index contributed by atoms with van der Waals surface area (Å²) in [5.41, 5.74) is 2.09. The van der Waals surface area contributed by atoms with Gasteiger partial charge in [-0.15, -0.1) is 0 Å². The Morgan fingerprint density at radius 1 is 0.778 bits per heavy atom. The van der Waals surface area contributed by atoms with Crippen molar-refractivity contribution in [2.45, 2.75) is 25.7 Å². The van der Waals surface area contributed by atoms with Crippen LogP contribution in [-0.2, 0) is 14.2 Å². The fourth-order valence-corrected chi connectivity index (χ4v) is 5.79. The molecular formula is C28H23ClNO5P. The smallest absolute Gasteiger partial charge is 0.413 e. The number of carbonyl (C=O) groups excluding carboxylic acids is 2. The summed E-state index contributed by atoms with van der Waals surface area (Å²) in [4.78, 5) is 27.2. The Morgan fingerprint density at radius 3 is 1.83 bits per heavy atom. The molecule has 5 rings (SSSR count). The van der Waals surface area contributed by atoms with Crippen LogP contribution in [-0.4, -0.2) is 11.8 Å². The Balaban J connectivity index is 1.45. The molecule has 0 atom stereocenters. The normalized spacial score (nSPS) is 16.0. The summed E-state index contributed by atoms with van der Waals surface area (Å²) in [5.74, 6) is 1.53. The topological polar surface area (TPSA) is 72.9 Å². The monoisotopic (exact) mass is 519 g/mol. The lowest BCUT2D eigenvalue weighted by Crippen LogP contribution is -2.31. The number of amides is 2. The quantitative estimate of drug-likeness (QED) is 0.240. The number of anilines is 1. The van der Waals surface area contributed by atoms with Crippen LogP contribution >= 0.6 is 19.2 Å². The molecule has 2 amide bonds. The zero-order valence-corrected chi connectivity index (χ0v) is 21.0. The maximum atomic E-state index is 13.8. The van der Waals surface area contributed by atoms with Crippen LogP contribution < -0.4 is 13.9 Å². The highest BCUT2D eigenvalue weighted by Crippen LogP contribution is 2.50. The molecule has 2 aliphatic rings. The maximum absolute atomic E-state index is 13.8. The molecule has 1 aliphatic carbocycles. The van der Waals surface area contributed by atoms with E-state index in [-0.39, 0.29) is 11.8 Å². The first-order valence-corrected chi connectivity index (χ1v) is 13.6. The van der Waals surface area contributed by atoms with E-state index in [0.29, 0.717) is 51.8 Å². The third kappa shape index (κ3) is 5.01. The van der Waals surface area contributed by atoms with Gasteiger partial charge in [-0.3, -0.25) is 9.59 Å². The molecule has 0 unspecified atom stereocenters. The van der Waals surface area contributed by atoms with Crippen LogP contribution in [0.5, 0.6) is 11.5 Å². The van der Waals surface area contributed by atoms with E-state index < -0.39 is 7.60 Å². The maximum Gasteiger partial charge on any atom is 0.455 e. The summed E-state index contributed by atoms with van der Waals surface area (Å²) in [6.45, 7) is 0. The van der Waals surface area contributed by atoms with E-state index in [2.05, 4.69) is 0 Å². The predicted octanol–water partition coefficient (Wildman–Crippen LogP) is 7.41. The summed E-state index contributed by atoms with van der Waals surface area (Å²) in [6.07, 6.45) is 4.56. The van der Waals surface area contributed by atoms with Crippen molar-refractivity contribution in [3.8, 4) is 11.5 Å². The first kappa shape index (κ1) is 24.1. The number of hydrogen-bond donors (Lipinski definition) is 0. The number of benzene rings is 3. The van der Waals surface area contributed by atoms with Crippen molar-refractivity contribution >= 4 is 42.8 Å². The van der Waals surface area contributed by atoms with Gasteiger partial charge in [-0.05, 0) is 79.8 Å². The van der Waals surface area contributed by atoms with Crippen LogP contribution in [0.1, 0.15) is 31.2 Å². The van der Waals surface area contributed by atoms with Crippen LogP contribution in [0, 0.1) is 0 Å². The van der Waals surface area contributed by atoms with E-state index >= 15 is 0 Å². The van der Waals surface area contributed by atoms with Gasteiger partial charge < -0.3 is 9.05 Å². The lowest BCUT2D eigenvalue weighted by molar-refractivity contribution is -0.120. The average molecular weight is 520 g/mol. The first-order valence-electron chi connectivity index (χ1n) is 11.6. The number of imide groups is 1. The summed E-state index contributed by atoms with van der Waals surface area (Å²) in [7, 11) is -3.83. The molecule has 0 N–H and O–H groups in total. The number of hydrogen-bond acceptors (Lipinski definition) is 5. The molecule has 0 spiro atoms. The Labute approximate surface area is 214 Å². The van der Waals surface area contributed by atoms with Crippen molar-refractivity contribution in [1.29, 1.82) is 0 Å². The summed E-state index contributed by atoms with van der Waals surface area (Å²) in [5, 5.41) is 0.359. The predicted molar refractivity (Wildman–Crippen MR) is 140 cm³/mol. The highest BCUT2D eigenvalue weighted by atomic mass is 35.5. The van der Waals surface area contributed by atoms with Gasteiger partial charge in [0.25, 0.3) is 11.8 Å². The van der Waals surface area contributed by atoms with Crippen molar-refractivity contribution in [2.75, 3.05) is 4.90 Å². The van der Waals surface area contributed by atoms with Crippen LogP contribution in [0.15, 0.2) is 95.8 Å². The molecule has 0 bridgehead atoms. The van der Waals surface area contributed by atoms with Crippen molar-refractivity contribution in [3.05, 3.63) is 106 Å². The van der Waals surface area contributed by atoms with E-state index in [9.17, 15) is 14.2 Å². The fraction of sp³-hybridized carbons (Fsp3) is 0.143. The molecular weight excluding hydrogens is 497 g/mol. The molecule has 182 valence electrons. The summed E-state index contributed by atoms with van der Waals surface area (Å²) < 4.78 is 25.3. The number of para-hydroxylation sites is 2. The first-order chi connectivity index (χ1) is 17.4. The minimum absolute atomic E-state index is 0.280. The van der Waals surface area contributed by atoms with Gasteiger partial charge in [-0.25, -0.2) is 9.46 Å². The van der Waals surface area contributed by atoms with Crippen molar-refractivity contribution in [2.24, 2.45) is 0 Å². The zero-order chi connectivity index (χ0) is 25.1. The highest BCUT2D eigenvalue weighted by molar-refractivity contribution is 7.58. The van der Waals surface area contributed by atoms with Gasteiger partial charge in [0.1, 0.15) is 11.5 Å². The standard InChI is InChI=1S/C28H23ClNO5P/c29-26-16-15-21(30-27(31)24-13-7-8-14-25(24)28(30)32)19-20(26)17-18-36(33,34-22-9-3-1-4-10-22)35-23-11-5-2-6-12-23/h1-6,9-12,15-19H,7-8,13-14H2/b18-17+. The van der Waals surface area contributed by atoms with Crippen molar-refractivity contribution < 1.29 is 23.2 Å². The molecule has 6 nitrogen and oxygen atoms in total. The molecule has 36 heavy (non-hydrogen) atoms. The Morgan fingerprint density at radius 2 is 1.31 bits per heavy atom. The minimum atomic E-state index is -3.83. The van der Waals surface area contributed by atoms with Crippen LogP contribution in [0.3, 0.4) is 0 Å².